The van der Waals surface area contributed by atoms with E-state index in [-0.39, 0.29) is 12.3 Å². The first kappa shape index (κ1) is 24.3. The number of rotatable bonds is 8. The molecule has 0 radical (unpaired) electrons. The molecule has 0 aliphatic heterocycles. The molecular formula is C28H32N4O3. The molecule has 0 saturated carbocycles. The second-order valence-electron chi connectivity index (χ2n) is 8.74. The smallest absolute Gasteiger partial charge is 0.224 e. The van der Waals surface area contributed by atoms with Crippen LogP contribution >= 0.6 is 0 Å². The van der Waals surface area contributed by atoms with Crippen molar-refractivity contribution >= 4 is 22.6 Å². The molecule has 4 rings (SSSR count). The van der Waals surface area contributed by atoms with Crippen molar-refractivity contribution in [2.45, 2.75) is 47.5 Å². The Morgan fingerprint density at radius 2 is 1.83 bits per heavy atom. The lowest BCUT2D eigenvalue weighted by Gasteiger charge is -2.15. The van der Waals surface area contributed by atoms with Gasteiger partial charge in [0.25, 0.3) is 0 Å². The number of amides is 1. The van der Waals surface area contributed by atoms with E-state index in [1.54, 1.807) is 7.11 Å². The maximum absolute atomic E-state index is 12.9. The van der Waals surface area contributed by atoms with Gasteiger partial charge in [0.15, 0.2) is 5.65 Å². The molecule has 182 valence electrons. The van der Waals surface area contributed by atoms with Crippen molar-refractivity contribution in [2.75, 3.05) is 19.0 Å². The average molecular weight is 473 g/mol. The zero-order valence-corrected chi connectivity index (χ0v) is 21.2. The van der Waals surface area contributed by atoms with Gasteiger partial charge >= 0.3 is 0 Å². The second-order valence-corrected chi connectivity index (χ2v) is 8.74. The molecule has 2 aromatic heterocycles. The van der Waals surface area contributed by atoms with Crippen molar-refractivity contribution in [3.8, 4) is 17.3 Å². The molecule has 0 unspecified atom stereocenters. The van der Waals surface area contributed by atoms with Gasteiger partial charge < -0.3 is 14.8 Å². The number of carbonyl (C=O) groups excluding carboxylic acids is 1. The highest BCUT2D eigenvalue weighted by Gasteiger charge is 2.21. The first-order chi connectivity index (χ1) is 16.8. The van der Waals surface area contributed by atoms with Crippen molar-refractivity contribution in [3.63, 3.8) is 0 Å². The largest absolute Gasteiger partial charge is 0.495 e. The third kappa shape index (κ3) is 4.99. The van der Waals surface area contributed by atoms with Crippen LogP contribution in [0.2, 0.25) is 0 Å². The van der Waals surface area contributed by atoms with Gasteiger partial charge in [0, 0.05) is 17.4 Å². The lowest BCUT2D eigenvalue weighted by Crippen LogP contribution is -2.14. The Morgan fingerprint density at radius 1 is 1.06 bits per heavy atom. The number of fused-ring (bicyclic) bond motifs is 1. The minimum absolute atomic E-state index is 0.0944. The average Bonchev–Trinajstić information content (AvgIpc) is 3.15. The molecule has 0 saturated heterocycles. The summed E-state index contributed by atoms with van der Waals surface area (Å²) >= 11 is 0. The molecule has 0 fully saturated rings. The van der Waals surface area contributed by atoms with Gasteiger partial charge in [-0.15, -0.1) is 0 Å². The van der Waals surface area contributed by atoms with Crippen LogP contribution in [0.25, 0.3) is 16.7 Å². The summed E-state index contributed by atoms with van der Waals surface area (Å²) in [6.07, 6.45) is 0.787. The van der Waals surface area contributed by atoms with Crippen LogP contribution in [0.1, 0.15) is 41.3 Å². The van der Waals surface area contributed by atoms with Crippen molar-refractivity contribution in [3.05, 3.63) is 70.4 Å². The van der Waals surface area contributed by atoms with E-state index in [1.807, 2.05) is 55.8 Å². The molecule has 4 aromatic rings. The van der Waals surface area contributed by atoms with Crippen molar-refractivity contribution in [1.82, 2.24) is 14.8 Å². The standard InChI is InChI=1S/C28H32N4O3/c1-7-35-28-22(12-14-25(33)29-23-16-18(3)11-13-24(23)34-6)19(4)26-20(5)31-32(27(26)30-28)21-10-8-9-17(2)15-21/h8-11,13,15-16H,7,12,14H2,1-6H3,(H,29,33). The fraction of sp³-hybridized carbons (Fsp3) is 0.321. The SMILES string of the molecule is CCOc1nc2c(c(C)nn2-c2cccc(C)c2)c(C)c1CCC(=O)Nc1cc(C)ccc1OC. The summed E-state index contributed by atoms with van der Waals surface area (Å²) in [4.78, 5) is 17.7. The highest BCUT2D eigenvalue weighted by molar-refractivity contribution is 5.93. The summed E-state index contributed by atoms with van der Waals surface area (Å²) in [6, 6.07) is 13.9. The van der Waals surface area contributed by atoms with Gasteiger partial charge in [0.05, 0.1) is 30.8 Å². The Balaban J connectivity index is 1.67. The summed E-state index contributed by atoms with van der Waals surface area (Å²) in [5.41, 5.74) is 7.44. The molecule has 0 atom stereocenters. The molecule has 2 aromatic carbocycles. The van der Waals surface area contributed by atoms with Crippen LogP contribution in [0.4, 0.5) is 5.69 Å². The molecule has 0 aliphatic rings. The summed E-state index contributed by atoms with van der Waals surface area (Å²) in [5.74, 6) is 1.09. The predicted octanol–water partition coefficient (Wildman–Crippen LogP) is 5.63. The predicted molar refractivity (Wildman–Crippen MR) is 139 cm³/mol. The lowest BCUT2D eigenvalue weighted by atomic mass is 10.0. The van der Waals surface area contributed by atoms with E-state index in [9.17, 15) is 4.79 Å². The number of hydrogen-bond acceptors (Lipinski definition) is 5. The molecule has 7 nitrogen and oxygen atoms in total. The first-order valence-electron chi connectivity index (χ1n) is 11.9. The van der Waals surface area contributed by atoms with E-state index >= 15 is 0 Å². The minimum atomic E-state index is -0.0944. The van der Waals surface area contributed by atoms with Gasteiger partial charge in [-0.2, -0.15) is 10.1 Å². The molecular weight excluding hydrogens is 440 g/mol. The van der Waals surface area contributed by atoms with Gasteiger partial charge in [-0.3, -0.25) is 4.79 Å². The quantitative estimate of drug-likeness (QED) is 0.359. The van der Waals surface area contributed by atoms with E-state index in [0.29, 0.717) is 30.3 Å². The van der Waals surface area contributed by atoms with Crippen LogP contribution in [0.5, 0.6) is 11.6 Å². The Labute approximate surface area is 206 Å². The van der Waals surface area contributed by atoms with Crippen LogP contribution < -0.4 is 14.8 Å². The molecule has 7 heteroatoms. The van der Waals surface area contributed by atoms with E-state index in [1.165, 1.54) is 0 Å². The number of ether oxygens (including phenoxy) is 2. The normalized spacial score (nSPS) is 11.0. The summed E-state index contributed by atoms with van der Waals surface area (Å²) in [6.45, 7) is 10.5. The van der Waals surface area contributed by atoms with Crippen molar-refractivity contribution < 1.29 is 14.3 Å². The topological polar surface area (TPSA) is 78.3 Å². The van der Waals surface area contributed by atoms with Gasteiger partial charge in [-0.1, -0.05) is 18.2 Å². The number of anilines is 1. The zero-order chi connectivity index (χ0) is 25.1. The highest BCUT2D eigenvalue weighted by atomic mass is 16.5. The fourth-order valence-electron chi connectivity index (χ4n) is 4.39. The molecule has 2 heterocycles. The number of pyridine rings is 1. The molecule has 0 aliphatic carbocycles. The van der Waals surface area contributed by atoms with Gasteiger partial charge in [-0.25, -0.2) is 4.68 Å². The monoisotopic (exact) mass is 472 g/mol. The van der Waals surface area contributed by atoms with Gasteiger partial charge in [0.1, 0.15) is 5.75 Å². The van der Waals surface area contributed by atoms with E-state index in [2.05, 4.69) is 31.3 Å². The summed E-state index contributed by atoms with van der Waals surface area (Å²) in [7, 11) is 1.60. The Morgan fingerprint density at radius 3 is 2.54 bits per heavy atom. The number of aromatic nitrogens is 3. The van der Waals surface area contributed by atoms with Crippen molar-refractivity contribution in [2.24, 2.45) is 0 Å². The second kappa shape index (κ2) is 10.2. The maximum Gasteiger partial charge on any atom is 0.224 e. The number of nitrogens with zero attached hydrogens (tertiary/aromatic N) is 3. The number of nitrogens with one attached hydrogen (secondary N) is 1. The van der Waals surface area contributed by atoms with Crippen LogP contribution in [-0.2, 0) is 11.2 Å². The lowest BCUT2D eigenvalue weighted by molar-refractivity contribution is -0.116. The minimum Gasteiger partial charge on any atom is -0.495 e. The number of aryl methyl sites for hydroxylation is 4. The number of benzene rings is 2. The highest BCUT2D eigenvalue weighted by Crippen LogP contribution is 2.32. The molecule has 1 N–H and O–H groups in total. The van der Waals surface area contributed by atoms with Gasteiger partial charge in [0.2, 0.25) is 11.8 Å². The third-order valence-corrected chi connectivity index (χ3v) is 6.09. The summed E-state index contributed by atoms with van der Waals surface area (Å²) in [5, 5.41) is 8.76. The Bertz CT molecular complexity index is 1390. The van der Waals surface area contributed by atoms with Crippen LogP contribution in [0.3, 0.4) is 0 Å². The first-order valence-corrected chi connectivity index (χ1v) is 11.9. The fourth-order valence-corrected chi connectivity index (χ4v) is 4.39. The van der Waals surface area contributed by atoms with E-state index in [0.717, 1.165) is 44.7 Å². The molecule has 35 heavy (non-hydrogen) atoms. The van der Waals surface area contributed by atoms with Crippen LogP contribution in [0, 0.1) is 27.7 Å². The molecule has 0 bridgehead atoms. The van der Waals surface area contributed by atoms with E-state index < -0.39 is 0 Å². The number of carbonyl (C=O) groups is 1. The number of methoxy groups -OCH3 is 1. The van der Waals surface area contributed by atoms with Gasteiger partial charge in [-0.05, 0) is 82.0 Å². The summed E-state index contributed by atoms with van der Waals surface area (Å²) < 4.78 is 13.2. The van der Waals surface area contributed by atoms with E-state index in [4.69, 9.17) is 19.6 Å². The molecule has 1 amide bonds. The third-order valence-electron chi connectivity index (χ3n) is 6.09. The maximum atomic E-state index is 12.9. The zero-order valence-electron chi connectivity index (χ0n) is 21.2. The molecule has 0 spiro atoms. The van der Waals surface area contributed by atoms with Crippen LogP contribution in [0.15, 0.2) is 42.5 Å². The van der Waals surface area contributed by atoms with Crippen molar-refractivity contribution in [1.29, 1.82) is 0 Å². The Kier molecular flexibility index (Phi) is 7.05. The Hall–Kier alpha value is -3.87. The van der Waals surface area contributed by atoms with Crippen LogP contribution in [-0.4, -0.2) is 34.4 Å². The number of hydrogen-bond donors (Lipinski definition) is 1.